The summed E-state index contributed by atoms with van der Waals surface area (Å²) in [5.74, 6) is -1.46. The molecule has 0 saturated heterocycles. The van der Waals surface area contributed by atoms with Crippen molar-refractivity contribution in [2.75, 3.05) is 6.61 Å². The summed E-state index contributed by atoms with van der Waals surface area (Å²) < 4.78 is 18.9. The van der Waals surface area contributed by atoms with E-state index in [4.69, 9.17) is 4.74 Å². The van der Waals surface area contributed by atoms with E-state index in [2.05, 4.69) is 9.98 Å². The van der Waals surface area contributed by atoms with Crippen molar-refractivity contribution in [3.8, 4) is 0 Å². The highest BCUT2D eigenvalue weighted by atomic mass is 32.2. The SMILES string of the molecule is CCOC(=O)C1=C(O)/C(=C\c2ccncc2)SC1=Nc1ccccc1F. The van der Waals surface area contributed by atoms with Crippen molar-refractivity contribution >= 4 is 34.5 Å². The second kappa shape index (κ2) is 7.97. The summed E-state index contributed by atoms with van der Waals surface area (Å²) in [7, 11) is 0. The number of esters is 1. The Morgan fingerprint density at radius 2 is 2.04 bits per heavy atom. The van der Waals surface area contributed by atoms with Crippen LogP contribution in [-0.4, -0.2) is 27.7 Å². The number of nitrogens with zero attached hydrogens (tertiary/aromatic N) is 2. The summed E-state index contributed by atoms with van der Waals surface area (Å²) in [6.07, 6.45) is 4.94. The lowest BCUT2D eigenvalue weighted by Crippen LogP contribution is -2.12. The van der Waals surface area contributed by atoms with Gasteiger partial charge in [-0.1, -0.05) is 23.9 Å². The lowest BCUT2D eigenvalue weighted by Gasteiger charge is -2.04. The van der Waals surface area contributed by atoms with Gasteiger partial charge in [-0.15, -0.1) is 0 Å². The predicted molar refractivity (Wildman–Crippen MR) is 99.6 cm³/mol. The summed E-state index contributed by atoms with van der Waals surface area (Å²) in [4.78, 5) is 20.9. The maximum atomic E-state index is 13.9. The van der Waals surface area contributed by atoms with E-state index in [0.29, 0.717) is 4.91 Å². The van der Waals surface area contributed by atoms with Gasteiger partial charge >= 0.3 is 5.97 Å². The van der Waals surface area contributed by atoms with Crippen molar-refractivity contribution in [1.29, 1.82) is 0 Å². The molecule has 0 aliphatic carbocycles. The molecule has 0 spiro atoms. The third-order valence-electron chi connectivity index (χ3n) is 3.45. The van der Waals surface area contributed by atoms with Gasteiger partial charge in [-0.05, 0) is 42.8 Å². The monoisotopic (exact) mass is 370 g/mol. The van der Waals surface area contributed by atoms with E-state index in [0.717, 1.165) is 17.3 Å². The molecule has 0 radical (unpaired) electrons. The van der Waals surface area contributed by atoms with E-state index in [1.54, 1.807) is 49.7 Å². The number of carbonyl (C=O) groups is 1. The first kappa shape index (κ1) is 17.9. The molecule has 2 heterocycles. The first-order valence-electron chi connectivity index (χ1n) is 7.84. The molecule has 1 aliphatic rings. The van der Waals surface area contributed by atoms with Crippen LogP contribution in [0.15, 0.2) is 70.0 Å². The number of aliphatic hydroxyl groups is 1. The molecule has 5 nitrogen and oxygen atoms in total. The quantitative estimate of drug-likeness (QED) is 0.807. The van der Waals surface area contributed by atoms with Crippen molar-refractivity contribution < 1.29 is 19.0 Å². The summed E-state index contributed by atoms with van der Waals surface area (Å²) >= 11 is 1.08. The zero-order valence-corrected chi connectivity index (χ0v) is 14.7. The van der Waals surface area contributed by atoms with Crippen LogP contribution in [0.4, 0.5) is 10.1 Å². The third-order valence-corrected chi connectivity index (χ3v) is 4.47. The van der Waals surface area contributed by atoms with Crippen molar-refractivity contribution in [3.05, 3.63) is 76.4 Å². The van der Waals surface area contributed by atoms with Gasteiger partial charge in [0.15, 0.2) is 0 Å². The number of hydrogen-bond donors (Lipinski definition) is 1. The first-order chi connectivity index (χ1) is 12.6. The summed E-state index contributed by atoms with van der Waals surface area (Å²) in [6, 6.07) is 9.49. The fraction of sp³-hybridized carbons (Fsp3) is 0.105. The van der Waals surface area contributed by atoms with Crippen LogP contribution in [0, 0.1) is 5.82 Å². The number of ether oxygens (including phenoxy) is 1. The Kier molecular flexibility index (Phi) is 5.48. The number of benzene rings is 1. The van der Waals surface area contributed by atoms with Gasteiger partial charge in [0.25, 0.3) is 0 Å². The van der Waals surface area contributed by atoms with Gasteiger partial charge in [-0.2, -0.15) is 0 Å². The lowest BCUT2D eigenvalue weighted by atomic mass is 10.2. The van der Waals surface area contributed by atoms with Gasteiger partial charge in [0.1, 0.15) is 27.9 Å². The number of thioether (sulfide) groups is 1. The Morgan fingerprint density at radius 3 is 2.73 bits per heavy atom. The van der Waals surface area contributed by atoms with Crippen LogP contribution in [0.25, 0.3) is 6.08 Å². The number of pyridine rings is 1. The number of aliphatic imine (C=N–C) groups is 1. The molecule has 1 N–H and O–H groups in total. The molecule has 0 saturated carbocycles. The van der Waals surface area contributed by atoms with Crippen LogP contribution in [0.3, 0.4) is 0 Å². The van der Waals surface area contributed by atoms with E-state index in [-0.39, 0.29) is 28.7 Å². The molecule has 2 aromatic rings. The molecule has 0 bridgehead atoms. The summed E-state index contributed by atoms with van der Waals surface area (Å²) in [5.41, 5.74) is 0.805. The van der Waals surface area contributed by atoms with Gasteiger partial charge in [0.2, 0.25) is 0 Å². The predicted octanol–water partition coefficient (Wildman–Crippen LogP) is 4.41. The molecule has 0 fully saturated rings. The molecular weight excluding hydrogens is 355 g/mol. The zero-order chi connectivity index (χ0) is 18.5. The van der Waals surface area contributed by atoms with Crippen molar-refractivity contribution in [3.63, 3.8) is 0 Å². The van der Waals surface area contributed by atoms with Crippen molar-refractivity contribution in [1.82, 2.24) is 4.98 Å². The minimum atomic E-state index is -0.703. The topological polar surface area (TPSA) is 71.8 Å². The maximum Gasteiger partial charge on any atom is 0.344 e. The van der Waals surface area contributed by atoms with Gasteiger partial charge in [0.05, 0.1) is 11.5 Å². The average molecular weight is 370 g/mol. The Hall–Kier alpha value is -2.93. The highest BCUT2D eigenvalue weighted by molar-refractivity contribution is 8.18. The lowest BCUT2D eigenvalue weighted by molar-refractivity contribution is -0.138. The van der Waals surface area contributed by atoms with Crippen molar-refractivity contribution in [2.24, 2.45) is 4.99 Å². The van der Waals surface area contributed by atoms with Crippen LogP contribution < -0.4 is 0 Å². The Labute approximate surface area is 153 Å². The molecule has 0 atom stereocenters. The Balaban J connectivity index is 2.06. The van der Waals surface area contributed by atoms with E-state index in [1.807, 2.05) is 0 Å². The number of aliphatic hydroxyl groups excluding tert-OH is 1. The fourth-order valence-electron chi connectivity index (χ4n) is 2.25. The molecule has 26 heavy (non-hydrogen) atoms. The average Bonchev–Trinajstić information content (AvgIpc) is 2.93. The van der Waals surface area contributed by atoms with Gasteiger partial charge in [-0.25, -0.2) is 14.2 Å². The van der Waals surface area contributed by atoms with Crippen molar-refractivity contribution in [2.45, 2.75) is 6.92 Å². The molecule has 1 aromatic carbocycles. The maximum absolute atomic E-state index is 13.9. The smallest absolute Gasteiger partial charge is 0.344 e. The van der Waals surface area contributed by atoms with E-state index in [1.165, 1.54) is 12.1 Å². The van der Waals surface area contributed by atoms with E-state index in [9.17, 15) is 14.3 Å². The molecular formula is C19H15FN2O3S. The summed E-state index contributed by atoms with van der Waals surface area (Å²) in [6.45, 7) is 1.82. The van der Waals surface area contributed by atoms with Gasteiger partial charge in [0, 0.05) is 12.4 Å². The van der Waals surface area contributed by atoms with Crippen LogP contribution in [-0.2, 0) is 9.53 Å². The largest absolute Gasteiger partial charge is 0.506 e. The van der Waals surface area contributed by atoms with E-state index < -0.39 is 11.8 Å². The molecule has 1 aromatic heterocycles. The Bertz CT molecular complexity index is 923. The van der Waals surface area contributed by atoms with E-state index >= 15 is 0 Å². The molecule has 7 heteroatoms. The standard InChI is InChI=1S/C19H15FN2O3S/c1-2-25-19(24)16-17(23)15(11-12-7-9-21-10-8-12)26-18(16)22-14-6-4-3-5-13(14)20/h3-11,23H,2H2,1H3/b15-11+,22-18?. The minimum Gasteiger partial charge on any atom is -0.506 e. The number of para-hydroxylation sites is 1. The molecule has 132 valence electrons. The molecule has 3 rings (SSSR count). The van der Waals surface area contributed by atoms with Crippen LogP contribution in [0.1, 0.15) is 12.5 Å². The molecule has 0 amide bonds. The highest BCUT2D eigenvalue weighted by Crippen LogP contribution is 2.40. The fourth-order valence-corrected chi connectivity index (χ4v) is 3.28. The number of halogens is 1. The zero-order valence-electron chi connectivity index (χ0n) is 13.8. The van der Waals surface area contributed by atoms with Gasteiger partial charge < -0.3 is 9.84 Å². The van der Waals surface area contributed by atoms with Crippen LogP contribution in [0.2, 0.25) is 0 Å². The number of rotatable bonds is 4. The number of carbonyl (C=O) groups excluding carboxylic acids is 1. The van der Waals surface area contributed by atoms with Crippen LogP contribution >= 0.6 is 11.8 Å². The van der Waals surface area contributed by atoms with Crippen LogP contribution in [0.5, 0.6) is 0 Å². The van der Waals surface area contributed by atoms with Gasteiger partial charge in [-0.3, -0.25) is 4.98 Å². The highest BCUT2D eigenvalue weighted by Gasteiger charge is 2.33. The molecule has 0 unspecified atom stereocenters. The second-order valence-electron chi connectivity index (χ2n) is 5.20. The second-order valence-corrected chi connectivity index (χ2v) is 6.23. The Morgan fingerprint density at radius 1 is 1.31 bits per heavy atom. The normalized spacial score (nSPS) is 17.2. The molecule has 1 aliphatic heterocycles. The third kappa shape index (κ3) is 3.83. The minimum absolute atomic E-state index is 0.0691. The first-order valence-corrected chi connectivity index (χ1v) is 8.65. The number of aromatic nitrogens is 1. The summed E-state index contributed by atoms with van der Waals surface area (Å²) in [5, 5.41) is 10.7. The number of hydrogen-bond acceptors (Lipinski definition) is 6.